The third-order valence-electron chi connectivity index (χ3n) is 4.27. The maximum Gasteiger partial charge on any atom is 0.252 e. The summed E-state index contributed by atoms with van der Waals surface area (Å²) in [5.41, 5.74) is 6.88. The minimum absolute atomic E-state index is 0.00808. The molecule has 2 rings (SSSR count). The number of nitrogens with one attached hydrogen (secondary N) is 1. The number of aliphatic hydroxyl groups is 1. The molecule has 0 saturated carbocycles. The largest absolute Gasteiger partial charge is 0.507 e. The number of para-hydroxylation sites is 1. The number of anilines is 1. The lowest BCUT2D eigenvalue weighted by Crippen LogP contribution is -2.39. The van der Waals surface area contributed by atoms with Gasteiger partial charge < -0.3 is 26.2 Å². The van der Waals surface area contributed by atoms with E-state index in [1.807, 2.05) is 37.4 Å². The van der Waals surface area contributed by atoms with Crippen LogP contribution in [0, 0.1) is 0 Å². The Morgan fingerprint density at radius 2 is 1.88 bits per heavy atom. The second-order valence-corrected chi connectivity index (χ2v) is 6.11. The smallest absolute Gasteiger partial charge is 0.252 e. The molecule has 6 nitrogen and oxygen atoms in total. The standard InChI is InChI=1S/C19H25N3O3/c1-13(22(2)15-6-4-3-5-7-15)11-21-12-18(24)14-8-9-17(23)16(10-14)19(20)25/h3-10,13,18,21,23-24H,11-12H2,1-2H3,(H2,20,25). The Bertz CT molecular complexity index is 706. The lowest BCUT2D eigenvalue weighted by molar-refractivity contribution is 0.0997. The number of aromatic hydroxyl groups is 1. The van der Waals surface area contributed by atoms with Gasteiger partial charge >= 0.3 is 0 Å². The van der Waals surface area contributed by atoms with Gasteiger partial charge in [-0.1, -0.05) is 24.3 Å². The quantitative estimate of drug-likeness (QED) is 0.584. The van der Waals surface area contributed by atoms with Gasteiger partial charge in [-0.15, -0.1) is 0 Å². The van der Waals surface area contributed by atoms with Crippen LogP contribution in [0.2, 0.25) is 0 Å². The van der Waals surface area contributed by atoms with Crippen molar-refractivity contribution in [1.82, 2.24) is 5.32 Å². The number of rotatable bonds is 8. The minimum atomic E-state index is -0.798. The highest BCUT2D eigenvalue weighted by Crippen LogP contribution is 2.22. The molecule has 6 heteroatoms. The molecule has 0 aromatic heterocycles. The van der Waals surface area contributed by atoms with E-state index in [1.54, 1.807) is 6.07 Å². The predicted molar refractivity (Wildman–Crippen MR) is 98.8 cm³/mol. The molecule has 0 aliphatic rings. The van der Waals surface area contributed by atoms with Gasteiger partial charge in [-0.25, -0.2) is 0 Å². The van der Waals surface area contributed by atoms with E-state index in [1.165, 1.54) is 12.1 Å². The van der Waals surface area contributed by atoms with Crippen LogP contribution in [-0.2, 0) is 0 Å². The summed E-state index contributed by atoms with van der Waals surface area (Å²) < 4.78 is 0. The topological polar surface area (TPSA) is 98.8 Å². The highest BCUT2D eigenvalue weighted by atomic mass is 16.3. The fraction of sp³-hybridized carbons (Fsp3) is 0.316. The molecule has 1 amide bonds. The van der Waals surface area contributed by atoms with Crippen LogP contribution in [0.4, 0.5) is 5.69 Å². The van der Waals surface area contributed by atoms with Crippen molar-refractivity contribution in [2.24, 2.45) is 5.73 Å². The Balaban J connectivity index is 1.89. The zero-order valence-electron chi connectivity index (χ0n) is 14.5. The van der Waals surface area contributed by atoms with Crippen molar-refractivity contribution in [1.29, 1.82) is 0 Å². The fourth-order valence-corrected chi connectivity index (χ4v) is 2.56. The van der Waals surface area contributed by atoms with Crippen LogP contribution in [0.1, 0.15) is 28.9 Å². The van der Waals surface area contributed by atoms with Crippen molar-refractivity contribution in [2.45, 2.75) is 19.1 Å². The number of benzene rings is 2. The van der Waals surface area contributed by atoms with Gasteiger partial charge in [-0.05, 0) is 36.8 Å². The number of primary amides is 1. The Morgan fingerprint density at radius 1 is 1.20 bits per heavy atom. The number of amides is 1. The molecule has 2 unspecified atom stereocenters. The Hall–Kier alpha value is -2.57. The predicted octanol–water partition coefficient (Wildman–Crippen LogP) is 1.64. The van der Waals surface area contributed by atoms with Gasteiger partial charge in [-0.3, -0.25) is 4.79 Å². The van der Waals surface area contributed by atoms with Crippen molar-refractivity contribution < 1.29 is 15.0 Å². The zero-order chi connectivity index (χ0) is 18.4. The van der Waals surface area contributed by atoms with Crippen LogP contribution in [0.15, 0.2) is 48.5 Å². The molecule has 0 spiro atoms. The van der Waals surface area contributed by atoms with Crippen LogP contribution < -0.4 is 16.0 Å². The van der Waals surface area contributed by atoms with Gasteiger partial charge in [0.2, 0.25) is 0 Å². The lowest BCUT2D eigenvalue weighted by Gasteiger charge is -2.27. The summed E-state index contributed by atoms with van der Waals surface area (Å²) in [6, 6.07) is 14.7. The van der Waals surface area contributed by atoms with E-state index in [0.29, 0.717) is 18.7 Å². The summed E-state index contributed by atoms with van der Waals surface area (Å²) in [7, 11) is 2.03. The van der Waals surface area contributed by atoms with E-state index < -0.39 is 12.0 Å². The van der Waals surface area contributed by atoms with E-state index in [9.17, 15) is 15.0 Å². The van der Waals surface area contributed by atoms with Crippen molar-refractivity contribution in [3.05, 3.63) is 59.7 Å². The van der Waals surface area contributed by atoms with Gasteiger partial charge in [0, 0.05) is 31.9 Å². The average Bonchev–Trinajstić information content (AvgIpc) is 2.61. The van der Waals surface area contributed by atoms with Crippen molar-refractivity contribution in [3.8, 4) is 5.75 Å². The zero-order valence-corrected chi connectivity index (χ0v) is 14.5. The molecule has 0 bridgehead atoms. The maximum absolute atomic E-state index is 11.3. The van der Waals surface area contributed by atoms with Gasteiger partial charge in [-0.2, -0.15) is 0 Å². The molecular formula is C19H25N3O3. The summed E-state index contributed by atoms with van der Waals surface area (Å²) in [4.78, 5) is 13.4. The first-order chi connectivity index (χ1) is 11.9. The highest BCUT2D eigenvalue weighted by Gasteiger charge is 2.14. The SMILES string of the molecule is CC(CNCC(O)c1ccc(O)c(C(N)=O)c1)N(C)c1ccccc1. The molecule has 0 aliphatic carbocycles. The first-order valence-electron chi connectivity index (χ1n) is 8.19. The van der Waals surface area contributed by atoms with E-state index in [4.69, 9.17) is 5.73 Å². The second kappa shape index (κ2) is 8.50. The number of nitrogens with zero attached hydrogens (tertiary/aromatic N) is 1. The molecule has 2 aromatic carbocycles. The summed E-state index contributed by atoms with van der Waals surface area (Å²) in [6.45, 7) is 3.11. The summed E-state index contributed by atoms with van der Waals surface area (Å²) >= 11 is 0. The normalized spacial score (nSPS) is 13.2. The van der Waals surface area contributed by atoms with Crippen LogP contribution in [0.25, 0.3) is 0 Å². The molecule has 25 heavy (non-hydrogen) atoms. The van der Waals surface area contributed by atoms with Crippen LogP contribution in [0.5, 0.6) is 5.75 Å². The van der Waals surface area contributed by atoms with E-state index in [-0.39, 0.29) is 17.4 Å². The van der Waals surface area contributed by atoms with Crippen LogP contribution in [0.3, 0.4) is 0 Å². The number of hydrogen-bond acceptors (Lipinski definition) is 5. The molecule has 134 valence electrons. The number of hydrogen-bond donors (Lipinski definition) is 4. The molecule has 2 aromatic rings. The van der Waals surface area contributed by atoms with Crippen molar-refractivity contribution in [3.63, 3.8) is 0 Å². The molecule has 0 aliphatic heterocycles. The molecule has 0 radical (unpaired) electrons. The van der Waals surface area contributed by atoms with Gasteiger partial charge in [0.15, 0.2) is 0 Å². The molecule has 0 saturated heterocycles. The lowest BCUT2D eigenvalue weighted by atomic mass is 10.0. The fourth-order valence-electron chi connectivity index (χ4n) is 2.56. The number of phenols is 1. The monoisotopic (exact) mass is 343 g/mol. The molecule has 2 atom stereocenters. The number of aliphatic hydroxyl groups excluding tert-OH is 1. The number of carbonyl (C=O) groups is 1. The molecule has 5 N–H and O–H groups in total. The summed E-state index contributed by atoms with van der Waals surface area (Å²) in [5.74, 6) is -0.910. The first kappa shape index (κ1) is 18.8. The summed E-state index contributed by atoms with van der Waals surface area (Å²) in [5, 5.41) is 23.1. The van der Waals surface area contributed by atoms with E-state index >= 15 is 0 Å². The Morgan fingerprint density at radius 3 is 2.52 bits per heavy atom. The van der Waals surface area contributed by atoms with Gasteiger partial charge in [0.25, 0.3) is 5.91 Å². The van der Waals surface area contributed by atoms with Gasteiger partial charge in [0.1, 0.15) is 5.75 Å². The van der Waals surface area contributed by atoms with Crippen molar-refractivity contribution in [2.75, 3.05) is 25.0 Å². The average molecular weight is 343 g/mol. The number of nitrogens with two attached hydrogens (primary N) is 1. The van der Waals surface area contributed by atoms with Crippen molar-refractivity contribution >= 4 is 11.6 Å². The first-order valence-corrected chi connectivity index (χ1v) is 8.19. The highest BCUT2D eigenvalue weighted by molar-refractivity contribution is 5.95. The minimum Gasteiger partial charge on any atom is -0.507 e. The molecule has 0 heterocycles. The van der Waals surface area contributed by atoms with E-state index in [0.717, 1.165) is 5.69 Å². The summed E-state index contributed by atoms with van der Waals surface area (Å²) in [6.07, 6.45) is -0.798. The maximum atomic E-state index is 11.3. The van der Waals surface area contributed by atoms with Crippen LogP contribution in [-0.4, -0.2) is 42.3 Å². The Kier molecular flexibility index (Phi) is 6.38. The third kappa shape index (κ3) is 4.95. The number of likely N-dealkylation sites (N-methyl/N-ethyl adjacent to an activating group) is 1. The molecule has 0 fully saturated rings. The van der Waals surface area contributed by atoms with Crippen LogP contribution >= 0.6 is 0 Å². The third-order valence-corrected chi connectivity index (χ3v) is 4.27. The number of carbonyl (C=O) groups excluding carboxylic acids is 1. The Labute approximate surface area is 147 Å². The van der Waals surface area contributed by atoms with Gasteiger partial charge in [0.05, 0.1) is 11.7 Å². The second-order valence-electron chi connectivity index (χ2n) is 6.11. The van der Waals surface area contributed by atoms with E-state index in [2.05, 4.69) is 17.1 Å². The molecular weight excluding hydrogens is 318 g/mol.